The van der Waals surface area contributed by atoms with Gasteiger partial charge in [0.15, 0.2) is 0 Å². The van der Waals surface area contributed by atoms with Crippen LogP contribution < -0.4 is 0 Å². The quantitative estimate of drug-likeness (QED) is 0.627. The van der Waals surface area contributed by atoms with E-state index in [1.54, 1.807) is 0 Å². The van der Waals surface area contributed by atoms with Crippen LogP contribution in [-0.4, -0.2) is 37.1 Å². The van der Waals surface area contributed by atoms with Crippen LogP contribution in [0.2, 0.25) is 0 Å². The predicted molar refractivity (Wildman–Crippen MR) is 99.4 cm³/mol. The van der Waals surface area contributed by atoms with Crippen molar-refractivity contribution in [1.29, 1.82) is 0 Å². The Labute approximate surface area is 147 Å². The summed E-state index contributed by atoms with van der Waals surface area (Å²) in [4.78, 5) is 14.4. The van der Waals surface area contributed by atoms with E-state index < -0.39 is 0 Å². The zero-order chi connectivity index (χ0) is 16.5. The van der Waals surface area contributed by atoms with Crippen LogP contribution in [0.25, 0.3) is 0 Å². The minimum atomic E-state index is -0.204. The number of nitrogens with zero attached hydrogens (tertiary/aromatic N) is 1. The molecule has 0 bridgehead atoms. The molecule has 0 saturated carbocycles. The third-order valence-electron chi connectivity index (χ3n) is 4.02. The third-order valence-corrected chi connectivity index (χ3v) is 4.02. The maximum absolute atomic E-state index is 12.1. The van der Waals surface area contributed by atoms with Crippen molar-refractivity contribution in [3.05, 3.63) is 35.4 Å². The number of hydrogen-bond donors (Lipinski definition) is 0. The molecular weight excluding hydrogens is 310 g/mol. The summed E-state index contributed by atoms with van der Waals surface area (Å²) in [5, 5.41) is 0. The molecule has 0 N–H and O–H groups in total. The lowest BCUT2D eigenvalue weighted by Crippen LogP contribution is -2.28. The van der Waals surface area contributed by atoms with Gasteiger partial charge in [0.25, 0.3) is 0 Å². The fourth-order valence-electron chi connectivity index (χ4n) is 2.49. The van der Waals surface area contributed by atoms with E-state index >= 15 is 0 Å². The van der Waals surface area contributed by atoms with Crippen molar-refractivity contribution in [3.8, 4) is 0 Å². The molecule has 0 spiro atoms. The van der Waals surface area contributed by atoms with Crippen molar-refractivity contribution in [1.82, 2.24) is 4.90 Å². The third kappa shape index (κ3) is 7.85. The van der Waals surface area contributed by atoms with Crippen molar-refractivity contribution in [2.75, 3.05) is 26.2 Å². The molecule has 0 aliphatic carbocycles. The first-order valence-corrected chi connectivity index (χ1v) is 8.45. The Kier molecular flexibility index (Phi) is 10.9. The average Bonchev–Trinajstić information content (AvgIpc) is 2.51. The van der Waals surface area contributed by atoms with Gasteiger partial charge >= 0.3 is 5.97 Å². The molecule has 0 aromatic heterocycles. The van der Waals surface area contributed by atoms with Gasteiger partial charge in [-0.25, -0.2) is 0 Å². The van der Waals surface area contributed by atoms with Gasteiger partial charge in [0.05, 0.1) is 5.92 Å². The molecule has 0 amide bonds. The summed E-state index contributed by atoms with van der Waals surface area (Å²) in [5.41, 5.74) is 2.35. The van der Waals surface area contributed by atoms with E-state index in [2.05, 4.69) is 44.7 Å². The van der Waals surface area contributed by atoms with Crippen LogP contribution in [0.3, 0.4) is 0 Å². The van der Waals surface area contributed by atoms with E-state index in [9.17, 15) is 4.79 Å². The van der Waals surface area contributed by atoms with Gasteiger partial charge in [-0.1, -0.05) is 52.0 Å². The first-order chi connectivity index (χ1) is 10.5. The molecule has 0 fully saturated rings. The van der Waals surface area contributed by atoms with Gasteiger partial charge in [-0.15, -0.1) is 12.4 Å². The maximum Gasteiger partial charge on any atom is 0.313 e. The molecule has 1 aromatic rings. The van der Waals surface area contributed by atoms with E-state index in [0.29, 0.717) is 12.5 Å². The second-order valence-corrected chi connectivity index (χ2v) is 6.26. The van der Waals surface area contributed by atoms with Gasteiger partial charge in [-0.3, -0.25) is 4.79 Å². The first-order valence-electron chi connectivity index (χ1n) is 8.45. The minimum absolute atomic E-state index is 0. The highest BCUT2D eigenvalue weighted by atomic mass is 35.5. The Morgan fingerprint density at radius 1 is 1.09 bits per heavy atom. The van der Waals surface area contributed by atoms with Gasteiger partial charge in [-0.2, -0.15) is 0 Å². The maximum atomic E-state index is 12.1. The van der Waals surface area contributed by atoms with Gasteiger partial charge in [0, 0.05) is 6.54 Å². The van der Waals surface area contributed by atoms with Crippen LogP contribution in [-0.2, 0) is 16.0 Å². The number of ether oxygens (including phenoxy) is 1. The standard InChI is InChI=1S/C19H31NO2.ClH/c1-6-20(7-2)12-13-22-19(21)16(5)18-10-8-17(9-11-18)14-15(3)4;/h8-11,15-16H,6-7,12-14H2,1-5H3;1H/t16-;/m1./s1. The highest BCUT2D eigenvalue weighted by Gasteiger charge is 2.17. The smallest absolute Gasteiger partial charge is 0.313 e. The largest absolute Gasteiger partial charge is 0.464 e. The van der Waals surface area contributed by atoms with Crippen LogP contribution in [0, 0.1) is 5.92 Å². The summed E-state index contributed by atoms with van der Waals surface area (Å²) in [5.74, 6) is 0.307. The van der Waals surface area contributed by atoms with Crippen molar-refractivity contribution in [2.45, 2.75) is 47.0 Å². The lowest BCUT2D eigenvalue weighted by Gasteiger charge is -2.18. The topological polar surface area (TPSA) is 29.5 Å². The predicted octanol–water partition coefficient (Wildman–Crippen LogP) is 4.30. The van der Waals surface area contributed by atoms with E-state index in [-0.39, 0.29) is 24.3 Å². The molecule has 1 atom stereocenters. The molecule has 0 aliphatic rings. The van der Waals surface area contributed by atoms with Crippen LogP contribution in [0.4, 0.5) is 0 Å². The van der Waals surface area contributed by atoms with Gasteiger partial charge in [0.1, 0.15) is 6.61 Å². The molecule has 0 heterocycles. The molecule has 0 saturated heterocycles. The summed E-state index contributed by atoms with van der Waals surface area (Å²) >= 11 is 0. The lowest BCUT2D eigenvalue weighted by atomic mass is 9.97. The van der Waals surface area contributed by atoms with Gasteiger partial charge in [0.2, 0.25) is 0 Å². The number of carbonyl (C=O) groups is 1. The summed E-state index contributed by atoms with van der Waals surface area (Å²) in [7, 11) is 0. The second kappa shape index (κ2) is 11.5. The zero-order valence-electron chi connectivity index (χ0n) is 15.2. The highest BCUT2D eigenvalue weighted by Crippen LogP contribution is 2.18. The number of likely N-dealkylation sites (N-methyl/N-ethyl adjacent to an activating group) is 1. The minimum Gasteiger partial charge on any atom is -0.464 e. The van der Waals surface area contributed by atoms with Crippen molar-refractivity contribution < 1.29 is 9.53 Å². The second-order valence-electron chi connectivity index (χ2n) is 6.26. The average molecular weight is 342 g/mol. The fourth-order valence-corrected chi connectivity index (χ4v) is 2.49. The lowest BCUT2D eigenvalue weighted by molar-refractivity contribution is -0.145. The number of esters is 1. The molecule has 3 nitrogen and oxygen atoms in total. The molecule has 1 rings (SSSR count). The number of carbonyl (C=O) groups excluding carboxylic acids is 1. The Bertz CT molecular complexity index is 441. The Hall–Kier alpha value is -1.06. The van der Waals surface area contributed by atoms with Crippen molar-refractivity contribution >= 4 is 18.4 Å². The van der Waals surface area contributed by atoms with Gasteiger partial charge in [-0.05, 0) is 43.5 Å². The van der Waals surface area contributed by atoms with Crippen LogP contribution in [0.1, 0.15) is 51.7 Å². The van der Waals surface area contributed by atoms with E-state index in [4.69, 9.17) is 4.74 Å². The number of halogens is 1. The fraction of sp³-hybridized carbons (Fsp3) is 0.632. The SMILES string of the molecule is CCN(CC)CCOC(=O)[C@H](C)c1ccc(CC(C)C)cc1.Cl. The van der Waals surface area contributed by atoms with Crippen LogP contribution in [0.15, 0.2) is 24.3 Å². The Morgan fingerprint density at radius 3 is 2.13 bits per heavy atom. The molecule has 4 heteroatoms. The van der Waals surface area contributed by atoms with Gasteiger partial charge < -0.3 is 9.64 Å². The summed E-state index contributed by atoms with van der Waals surface area (Å²) in [6.45, 7) is 13.8. The zero-order valence-corrected chi connectivity index (χ0v) is 16.0. The van der Waals surface area contributed by atoms with Crippen molar-refractivity contribution in [2.24, 2.45) is 5.92 Å². The summed E-state index contributed by atoms with van der Waals surface area (Å²) in [6, 6.07) is 8.34. The van der Waals surface area contributed by atoms with Crippen LogP contribution >= 0.6 is 12.4 Å². The van der Waals surface area contributed by atoms with E-state index in [0.717, 1.165) is 31.6 Å². The number of benzene rings is 1. The molecule has 132 valence electrons. The number of hydrogen-bond acceptors (Lipinski definition) is 3. The Balaban J connectivity index is 0.00000484. The molecule has 0 radical (unpaired) electrons. The molecule has 23 heavy (non-hydrogen) atoms. The molecule has 0 unspecified atom stereocenters. The normalized spacial score (nSPS) is 12.1. The van der Waals surface area contributed by atoms with Crippen molar-refractivity contribution in [3.63, 3.8) is 0 Å². The summed E-state index contributed by atoms with van der Waals surface area (Å²) < 4.78 is 5.41. The Morgan fingerprint density at radius 2 is 1.65 bits per heavy atom. The number of rotatable bonds is 9. The van der Waals surface area contributed by atoms with E-state index in [1.807, 2.05) is 19.1 Å². The highest BCUT2D eigenvalue weighted by molar-refractivity contribution is 5.85. The van der Waals surface area contributed by atoms with Crippen LogP contribution in [0.5, 0.6) is 0 Å². The first kappa shape index (κ1) is 21.9. The van der Waals surface area contributed by atoms with E-state index in [1.165, 1.54) is 5.56 Å². The monoisotopic (exact) mass is 341 g/mol. The summed E-state index contributed by atoms with van der Waals surface area (Å²) in [6.07, 6.45) is 1.07. The molecular formula is C19H32ClNO2. The molecule has 1 aromatic carbocycles. The molecule has 0 aliphatic heterocycles.